The van der Waals surface area contributed by atoms with Crippen molar-refractivity contribution >= 4 is 17.7 Å². The fraction of sp³-hybridized carbons (Fsp3) is 1.00. The Balaban J connectivity index is 4.62. The number of aliphatic hydroxyl groups is 1. The van der Waals surface area contributed by atoms with E-state index in [4.69, 9.17) is 22.4 Å². The van der Waals surface area contributed by atoms with Gasteiger partial charge in [0.1, 0.15) is 5.25 Å². The van der Waals surface area contributed by atoms with Gasteiger partial charge in [0.25, 0.3) is 0 Å². The van der Waals surface area contributed by atoms with Gasteiger partial charge in [0, 0.05) is 19.4 Å². The Labute approximate surface area is 85.7 Å². The molecule has 0 fully saturated rings. The molecule has 0 aromatic heterocycles. The second-order valence-corrected chi connectivity index (χ2v) is 5.29. The molecular formula is C7H15BO5S. The maximum atomic E-state index is 11.6. The maximum Gasteiger partial charge on any atom is 0.154 e. The van der Waals surface area contributed by atoms with Crippen LogP contribution in [0, 0.1) is 0 Å². The molecule has 7 heteroatoms. The van der Waals surface area contributed by atoms with Crippen molar-refractivity contribution in [2.24, 2.45) is 0 Å². The average Bonchev–Trinajstić information content (AvgIpc) is 2.16. The van der Waals surface area contributed by atoms with Crippen LogP contribution in [0.2, 0.25) is 0 Å². The molecular weight excluding hydrogens is 207 g/mol. The maximum absolute atomic E-state index is 11.6. The summed E-state index contributed by atoms with van der Waals surface area (Å²) >= 11 is 0. The molecule has 0 aliphatic rings. The highest BCUT2D eigenvalue weighted by atomic mass is 32.2. The summed E-state index contributed by atoms with van der Waals surface area (Å²) in [6.45, 7) is -0.597. The molecule has 0 saturated carbocycles. The quantitative estimate of drug-likeness (QED) is 0.533. The molecule has 14 heavy (non-hydrogen) atoms. The highest BCUT2D eigenvalue weighted by molar-refractivity contribution is 7.93. The van der Waals surface area contributed by atoms with E-state index in [9.17, 15) is 8.42 Å². The van der Waals surface area contributed by atoms with Crippen LogP contribution in [-0.4, -0.2) is 65.8 Å². The van der Waals surface area contributed by atoms with Gasteiger partial charge in [-0.2, -0.15) is 0 Å². The molecule has 0 saturated heterocycles. The van der Waals surface area contributed by atoms with Crippen LogP contribution >= 0.6 is 0 Å². The van der Waals surface area contributed by atoms with Gasteiger partial charge in [-0.05, 0) is 0 Å². The van der Waals surface area contributed by atoms with Gasteiger partial charge in [-0.25, -0.2) is 8.42 Å². The van der Waals surface area contributed by atoms with Crippen LogP contribution in [0.25, 0.3) is 0 Å². The molecule has 0 aliphatic heterocycles. The predicted molar refractivity (Wildman–Crippen MR) is 53.1 cm³/mol. The van der Waals surface area contributed by atoms with Gasteiger partial charge in [-0.15, -0.1) is 0 Å². The molecule has 82 valence electrons. The van der Waals surface area contributed by atoms with E-state index >= 15 is 0 Å². The molecule has 0 aromatic rings. The zero-order valence-corrected chi connectivity index (χ0v) is 9.16. The summed E-state index contributed by atoms with van der Waals surface area (Å²) in [5.41, 5.74) is 0. The van der Waals surface area contributed by atoms with E-state index in [0.717, 1.165) is 0 Å². The van der Waals surface area contributed by atoms with Crippen LogP contribution in [0.4, 0.5) is 0 Å². The second-order valence-electron chi connectivity index (χ2n) is 2.84. The van der Waals surface area contributed by atoms with Gasteiger partial charge in [-0.1, -0.05) is 0 Å². The summed E-state index contributed by atoms with van der Waals surface area (Å²) in [6.07, 6.45) is 0. The Bertz CT molecular complexity index is 234. The molecule has 1 N–H and O–H groups in total. The van der Waals surface area contributed by atoms with E-state index in [1.54, 1.807) is 0 Å². The van der Waals surface area contributed by atoms with Crippen LogP contribution in [0.3, 0.4) is 0 Å². The molecule has 2 radical (unpaired) electrons. The third kappa shape index (κ3) is 3.57. The van der Waals surface area contributed by atoms with Crippen molar-refractivity contribution in [3.8, 4) is 0 Å². The zero-order valence-electron chi connectivity index (χ0n) is 8.34. The summed E-state index contributed by atoms with van der Waals surface area (Å²) in [5, 5.41) is 6.56. The Morgan fingerprint density at radius 3 is 2.00 bits per heavy atom. The molecule has 1 atom stereocenters. The summed E-state index contributed by atoms with van der Waals surface area (Å²) in [7, 11) is 4.45. The zero-order chi connectivity index (χ0) is 11.2. The number of aliphatic hydroxyl groups excluding tert-OH is 1. The summed E-state index contributed by atoms with van der Waals surface area (Å²) in [5.74, 6) is 0. The first-order chi connectivity index (χ1) is 6.50. The van der Waals surface area contributed by atoms with E-state index in [1.807, 2.05) is 0 Å². The summed E-state index contributed by atoms with van der Waals surface area (Å²) < 4.78 is 32.7. The standard InChI is InChI=1S/C7H15BO5S/c1-12-4-6(5-13-2)14(10,11)7(8)3-9/h6-7,9H,3-5H2,1-2H3/t7-/m1/s1. The summed E-state index contributed by atoms with van der Waals surface area (Å²) in [4.78, 5) is 0. The van der Waals surface area contributed by atoms with Crippen molar-refractivity contribution in [2.75, 3.05) is 34.0 Å². The van der Waals surface area contributed by atoms with Crippen molar-refractivity contribution in [1.29, 1.82) is 0 Å². The number of sulfone groups is 1. The number of rotatable bonds is 7. The van der Waals surface area contributed by atoms with E-state index < -0.39 is 26.8 Å². The summed E-state index contributed by atoms with van der Waals surface area (Å²) in [6, 6.07) is 0. The minimum absolute atomic E-state index is 0.00384. The minimum Gasteiger partial charge on any atom is -0.396 e. The fourth-order valence-electron chi connectivity index (χ4n) is 0.961. The topological polar surface area (TPSA) is 72.8 Å². The van der Waals surface area contributed by atoms with Crippen LogP contribution in [0.15, 0.2) is 0 Å². The molecule has 5 nitrogen and oxygen atoms in total. The SMILES string of the molecule is [B][C@@H](CO)S(=O)(=O)C(COC)COC. The van der Waals surface area contributed by atoms with Crippen LogP contribution in [0.1, 0.15) is 0 Å². The first kappa shape index (κ1) is 13.9. The van der Waals surface area contributed by atoms with Gasteiger partial charge in [-0.3, -0.25) is 0 Å². The predicted octanol–water partition coefficient (Wildman–Crippen LogP) is -1.45. The van der Waals surface area contributed by atoms with Crippen LogP contribution < -0.4 is 0 Å². The van der Waals surface area contributed by atoms with Gasteiger partial charge >= 0.3 is 0 Å². The van der Waals surface area contributed by atoms with E-state index in [-0.39, 0.29) is 13.2 Å². The van der Waals surface area contributed by atoms with E-state index in [0.29, 0.717) is 0 Å². The molecule has 0 aromatic carbocycles. The molecule has 0 unspecified atom stereocenters. The minimum atomic E-state index is -3.60. The van der Waals surface area contributed by atoms with Gasteiger partial charge in [0.15, 0.2) is 9.84 Å². The van der Waals surface area contributed by atoms with E-state index in [1.165, 1.54) is 14.2 Å². The lowest BCUT2D eigenvalue weighted by molar-refractivity contribution is 0.140. The largest absolute Gasteiger partial charge is 0.396 e. The van der Waals surface area contributed by atoms with Crippen molar-refractivity contribution in [3.63, 3.8) is 0 Å². The van der Waals surface area contributed by atoms with Crippen molar-refractivity contribution in [1.82, 2.24) is 0 Å². The lowest BCUT2D eigenvalue weighted by Gasteiger charge is -2.19. The van der Waals surface area contributed by atoms with Crippen LogP contribution in [0.5, 0.6) is 0 Å². The molecule has 0 aliphatic carbocycles. The average molecular weight is 222 g/mol. The third-order valence-electron chi connectivity index (χ3n) is 1.77. The van der Waals surface area contributed by atoms with E-state index in [2.05, 4.69) is 0 Å². The van der Waals surface area contributed by atoms with Crippen molar-refractivity contribution in [3.05, 3.63) is 0 Å². The molecule has 0 heterocycles. The number of methoxy groups -OCH3 is 2. The monoisotopic (exact) mass is 222 g/mol. The van der Waals surface area contributed by atoms with Gasteiger partial charge in [0.2, 0.25) is 0 Å². The normalized spacial score (nSPS) is 14.6. The number of hydrogen-bond donors (Lipinski definition) is 1. The first-order valence-corrected chi connectivity index (χ1v) is 5.68. The number of ether oxygens (including phenoxy) is 2. The van der Waals surface area contributed by atoms with Crippen molar-refractivity contribution < 1.29 is 23.0 Å². The first-order valence-electron chi connectivity index (χ1n) is 4.07. The molecule has 0 spiro atoms. The molecule has 0 rings (SSSR count). The highest BCUT2D eigenvalue weighted by Crippen LogP contribution is 2.08. The van der Waals surface area contributed by atoms with Crippen LogP contribution in [-0.2, 0) is 19.3 Å². The van der Waals surface area contributed by atoms with Crippen molar-refractivity contribution in [2.45, 2.75) is 10.4 Å². The van der Waals surface area contributed by atoms with Gasteiger partial charge in [0.05, 0.1) is 27.7 Å². The number of hydrogen-bond acceptors (Lipinski definition) is 5. The van der Waals surface area contributed by atoms with Gasteiger partial charge < -0.3 is 14.6 Å². The fourth-order valence-corrected chi connectivity index (χ4v) is 2.31. The Morgan fingerprint density at radius 2 is 1.71 bits per heavy atom. The Kier molecular flexibility index (Phi) is 6.34. The highest BCUT2D eigenvalue weighted by Gasteiger charge is 2.30. The third-order valence-corrected chi connectivity index (χ3v) is 3.97. The Hall–Kier alpha value is -0.105. The molecule has 0 bridgehead atoms. The lowest BCUT2D eigenvalue weighted by Crippen LogP contribution is -2.40. The smallest absolute Gasteiger partial charge is 0.154 e. The second kappa shape index (κ2) is 6.39. The Morgan fingerprint density at radius 1 is 1.29 bits per heavy atom. The lowest BCUT2D eigenvalue weighted by atomic mass is 10.1. The molecule has 0 amide bonds.